The fourth-order valence-electron chi connectivity index (χ4n) is 7.56. The third-order valence-corrected chi connectivity index (χ3v) is 9.06. The molecule has 142 valence electrons. The molecule has 1 aliphatic heterocycles. The van der Waals surface area contributed by atoms with Crippen LogP contribution in [0.15, 0.2) is 11.6 Å². The predicted octanol–water partition coefficient (Wildman–Crippen LogP) is 2.92. The van der Waals surface area contributed by atoms with Gasteiger partial charge in [-0.1, -0.05) is 19.4 Å². The van der Waals surface area contributed by atoms with Crippen molar-refractivity contribution in [3.05, 3.63) is 11.6 Å². The number of aliphatic hydroxyl groups excluding tert-OH is 1. The molecule has 1 heterocycles. The summed E-state index contributed by atoms with van der Waals surface area (Å²) in [6, 6.07) is 0. The van der Waals surface area contributed by atoms with Gasteiger partial charge in [-0.25, -0.2) is 4.39 Å². The van der Waals surface area contributed by atoms with Crippen LogP contribution in [0, 0.1) is 22.7 Å². The summed E-state index contributed by atoms with van der Waals surface area (Å²) in [5.41, 5.74) is -2.95. The molecule has 0 bridgehead atoms. The summed E-state index contributed by atoms with van der Waals surface area (Å²) >= 11 is 0. The van der Waals surface area contributed by atoms with Gasteiger partial charge in [-0.05, 0) is 50.5 Å². The van der Waals surface area contributed by atoms with Crippen LogP contribution in [0.5, 0.6) is 0 Å². The van der Waals surface area contributed by atoms with Gasteiger partial charge in [0.05, 0.1) is 6.10 Å². The Morgan fingerprint density at radius 1 is 1.15 bits per heavy atom. The van der Waals surface area contributed by atoms with E-state index >= 15 is 4.39 Å². The lowest BCUT2D eigenvalue weighted by Gasteiger charge is -2.64. The number of alkyl halides is 1. The summed E-state index contributed by atoms with van der Waals surface area (Å²) < 4.78 is 22.6. The minimum atomic E-state index is -1.74. The molecule has 0 aromatic heterocycles. The van der Waals surface area contributed by atoms with Gasteiger partial charge >= 0.3 is 0 Å². The summed E-state index contributed by atoms with van der Waals surface area (Å²) in [6.45, 7) is 4.08. The monoisotopic (exact) mass is 362 g/mol. The van der Waals surface area contributed by atoms with Crippen LogP contribution in [0.4, 0.5) is 4.39 Å². The molecular formula is C21H27FO4. The van der Waals surface area contributed by atoms with E-state index in [0.717, 1.165) is 12.0 Å². The molecule has 5 heteroatoms. The molecule has 0 aromatic rings. The Bertz CT molecular complexity index is 746. The number of hydrogen-bond donors (Lipinski definition) is 1. The number of ether oxygens (including phenoxy) is 1. The summed E-state index contributed by atoms with van der Waals surface area (Å²) in [5, 5.41) is 11.1. The molecule has 26 heavy (non-hydrogen) atoms. The van der Waals surface area contributed by atoms with Gasteiger partial charge in [0.1, 0.15) is 17.9 Å². The topological polar surface area (TPSA) is 63.6 Å². The number of aliphatic hydroxyl groups is 1. The molecule has 0 aromatic carbocycles. The zero-order chi connectivity index (χ0) is 18.5. The average molecular weight is 362 g/mol. The largest absolute Gasteiger partial charge is 0.390 e. The highest BCUT2D eigenvalue weighted by molar-refractivity contribution is 5.94. The van der Waals surface area contributed by atoms with Crippen LogP contribution in [-0.2, 0) is 14.3 Å². The van der Waals surface area contributed by atoms with E-state index in [9.17, 15) is 14.7 Å². The van der Waals surface area contributed by atoms with Crippen molar-refractivity contribution in [2.45, 2.75) is 76.2 Å². The Labute approximate surface area is 153 Å². The second kappa shape index (κ2) is 4.85. The average Bonchev–Trinajstić information content (AvgIpc) is 2.90. The molecule has 4 aliphatic carbocycles. The summed E-state index contributed by atoms with van der Waals surface area (Å²) in [6.07, 6.45) is 4.33. The van der Waals surface area contributed by atoms with Gasteiger partial charge in [0.15, 0.2) is 11.6 Å². The van der Waals surface area contributed by atoms with Crippen LogP contribution in [0.25, 0.3) is 0 Å². The van der Waals surface area contributed by atoms with E-state index in [1.165, 1.54) is 0 Å². The number of ketones is 2. The maximum Gasteiger partial charge on any atom is 0.190 e. The van der Waals surface area contributed by atoms with E-state index in [-0.39, 0.29) is 36.4 Å². The number of rotatable bonds is 0. The highest BCUT2D eigenvalue weighted by Crippen LogP contribution is 2.71. The second-order valence-electron chi connectivity index (χ2n) is 9.70. The fraction of sp³-hybridized carbons (Fsp3) is 0.810. The van der Waals surface area contributed by atoms with Gasteiger partial charge in [-0.15, -0.1) is 0 Å². The van der Waals surface area contributed by atoms with Crippen LogP contribution >= 0.6 is 0 Å². The lowest BCUT2D eigenvalue weighted by atomic mass is 9.43. The molecule has 0 radical (unpaired) electrons. The first-order valence-electron chi connectivity index (χ1n) is 9.97. The first kappa shape index (κ1) is 17.1. The van der Waals surface area contributed by atoms with Crippen molar-refractivity contribution in [2.24, 2.45) is 22.7 Å². The van der Waals surface area contributed by atoms with Crippen molar-refractivity contribution in [2.75, 3.05) is 6.61 Å². The molecule has 1 N–H and O–H groups in total. The first-order valence-corrected chi connectivity index (χ1v) is 9.97. The summed E-state index contributed by atoms with van der Waals surface area (Å²) in [4.78, 5) is 24.3. The molecule has 4 fully saturated rings. The molecule has 3 saturated carbocycles. The van der Waals surface area contributed by atoms with Gasteiger partial charge < -0.3 is 9.84 Å². The van der Waals surface area contributed by atoms with Crippen molar-refractivity contribution in [3.63, 3.8) is 0 Å². The number of fused-ring (bicyclic) bond motifs is 6. The smallest absolute Gasteiger partial charge is 0.190 e. The maximum absolute atomic E-state index is 16.8. The number of Topliss-reactive ketones (excluding diaryl/α,β-unsaturated/α-hetero) is 1. The molecule has 0 unspecified atom stereocenters. The number of carbonyl (C=O) groups is 2. The van der Waals surface area contributed by atoms with Crippen LogP contribution in [0.2, 0.25) is 0 Å². The van der Waals surface area contributed by atoms with E-state index in [1.54, 1.807) is 6.08 Å². The number of allylic oxidation sites excluding steroid dienone is 1. The predicted molar refractivity (Wildman–Crippen MR) is 92.1 cm³/mol. The van der Waals surface area contributed by atoms with Crippen molar-refractivity contribution in [3.8, 4) is 0 Å². The minimum absolute atomic E-state index is 0.0381. The SMILES string of the molecule is C[C@]12CCC(=O)C=C1CC[C@@H]1[C@H]3CC[C@@]4(OCC4=O)[C@@]3(C)C[C@H](O)[C@@]12F. The van der Waals surface area contributed by atoms with Crippen molar-refractivity contribution < 1.29 is 23.8 Å². The van der Waals surface area contributed by atoms with Crippen LogP contribution in [-0.4, -0.2) is 40.7 Å². The number of halogens is 1. The van der Waals surface area contributed by atoms with Crippen molar-refractivity contribution in [1.29, 1.82) is 0 Å². The molecule has 5 aliphatic rings. The van der Waals surface area contributed by atoms with Gasteiger partial charge in [-0.2, -0.15) is 0 Å². The third-order valence-electron chi connectivity index (χ3n) is 9.06. The van der Waals surface area contributed by atoms with E-state index in [4.69, 9.17) is 4.74 Å². The summed E-state index contributed by atoms with van der Waals surface area (Å²) in [5.74, 6) is -0.0611. The van der Waals surface area contributed by atoms with Gasteiger partial charge in [0, 0.05) is 23.2 Å². The van der Waals surface area contributed by atoms with Crippen LogP contribution in [0.1, 0.15) is 58.8 Å². The fourth-order valence-corrected chi connectivity index (χ4v) is 7.56. The van der Waals surface area contributed by atoms with Crippen LogP contribution in [0.3, 0.4) is 0 Å². The molecule has 5 rings (SSSR count). The maximum atomic E-state index is 16.8. The lowest BCUT2D eigenvalue weighted by molar-refractivity contribution is -0.250. The molecule has 0 amide bonds. The van der Waals surface area contributed by atoms with E-state index < -0.39 is 28.2 Å². The van der Waals surface area contributed by atoms with Crippen LogP contribution < -0.4 is 0 Å². The highest BCUT2D eigenvalue weighted by Gasteiger charge is 2.76. The Morgan fingerprint density at radius 3 is 2.58 bits per heavy atom. The minimum Gasteiger partial charge on any atom is -0.390 e. The number of carbonyl (C=O) groups excluding carboxylic acids is 2. The standard InChI is InChI=1S/C21H27FO4/c1-18-7-5-13(23)9-12(18)3-4-15-14-6-8-20(17(25)11-26-20)19(14,2)10-16(24)21(15,18)22/h9,14-16,24H,3-8,10-11H2,1-2H3/t14-,15-,16+,18+,19+,20+,21+/m1/s1. The molecule has 1 saturated heterocycles. The quantitative estimate of drug-likeness (QED) is 0.720. The zero-order valence-corrected chi connectivity index (χ0v) is 15.5. The van der Waals surface area contributed by atoms with Gasteiger partial charge in [0.2, 0.25) is 0 Å². The Hall–Kier alpha value is -1.07. The normalized spacial score (nSPS) is 55.7. The van der Waals surface area contributed by atoms with Gasteiger partial charge in [0.25, 0.3) is 0 Å². The molecule has 7 atom stereocenters. The lowest BCUT2D eigenvalue weighted by Crippen LogP contribution is -2.71. The first-order chi connectivity index (χ1) is 12.2. The molecule has 4 nitrogen and oxygen atoms in total. The second-order valence-corrected chi connectivity index (χ2v) is 9.70. The number of hydrogen-bond acceptors (Lipinski definition) is 4. The zero-order valence-electron chi connectivity index (χ0n) is 15.5. The Kier molecular flexibility index (Phi) is 3.18. The van der Waals surface area contributed by atoms with Gasteiger partial charge in [-0.3, -0.25) is 9.59 Å². The molecule has 1 spiro atoms. The third kappa shape index (κ3) is 1.60. The van der Waals surface area contributed by atoms with E-state index in [2.05, 4.69) is 0 Å². The molecular weight excluding hydrogens is 335 g/mol. The Balaban J connectivity index is 1.61. The van der Waals surface area contributed by atoms with E-state index in [1.807, 2.05) is 13.8 Å². The summed E-state index contributed by atoms with van der Waals surface area (Å²) in [7, 11) is 0. The van der Waals surface area contributed by atoms with Crippen molar-refractivity contribution in [1.82, 2.24) is 0 Å². The van der Waals surface area contributed by atoms with Crippen molar-refractivity contribution >= 4 is 11.6 Å². The van der Waals surface area contributed by atoms with E-state index in [0.29, 0.717) is 32.1 Å². The highest BCUT2D eigenvalue weighted by atomic mass is 19.1. The Morgan fingerprint density at radius 2 is 1.92 bits per heavy atom.